The van der Waals surface area contributed by atoms with Gasteiger partial charge in [-0.15, -0.1) is 0 Å². The Bertz CT molecular complexity index is 3900. The molecule has 1 heteroatoms. The van der Waals surface area contributed by atoms with Crippen molar-refractivity contribution in [2.75, 3.05) is 4.90 Å². The van der Waals surface area contributed by atoms with E-state index in [2.05, 4.69) is 233 Å². The minimum absolute atomic E-state index is 0.147. The lowest BCUT2D eigenvalue weighted by Crippen LogP contribution is -2.27. The SMILES string of the molecule is CCc1ccc2c(c1)C13c4ccccc4-c4c(cccc41)CCC1(C)c4ccccc4-c4ccc(cc41)N(c1ccc4c(c1)C(C)(C)c1ccccc1-4)c1cc(c4ccccc4c1)-c1cccc-2c13. The molecule has 0 amide bonds. The Morgan fingerprint density at radius 2 is 0.986 bits per heavy atom. The van der Waals surface area contributed by atoms with Crippen molar-refractivity contribution >= 4 is 27.8 Å². The second-order valence-corrected chi connectivity index (χ2v) is 21.2. The number of anilines is 3. The summed E-state index contributed by atoms with van der Waals surface area (Å²) < 4.78 is 0. The fourth-order valence-electron chi connectivity index (χ4n) is 14.4. The van der Waals surface area contributed by atoms with Gasteiger partial charge in [-0.3, -0.25) is 0 Å². The maximum Gasteiger partial charge on any atom is 0.0731 e. The number of fused-ring (bicyclic) bond motifs is 15. The van der Waals surface area contributed by atoms with E-state index in [1.807, 2.05) is 0 Å². The normalized spacial score (nSPS) is 18.9. The molecular formula is C68H51N. The van der Waals surface area contributed by atoms with Crippen molar-refractivity contribution < 1.29 is 0 Å². The van der Waals surface area contributed by atoms with Gasteiger partial charge in [0, 0.05) is 27.9 Å². The van der Waals surface area contributed by atoms with Crippen molar-refractivity contribution in [1.82, 2.24) is 0 Å². The number of benzene rings is 10. The number of hydrogen-bond acceptors (Lipinski definition) is 1. The maximum atomic E-state index is 2.58. The van der Waals surface area contributed by atoms with Gasteiger partial charge >= 0.3 is 0 Å². The highest BCUT2D eigenvalue weighted by atomic mass is 15.1. The molecule has 0 saturated carbocycles. The third kappa shape index (κ3) is 4.95. The molecule has 0 aromatic heterocycles. The molecule has 328 valence electrons. The van der Waals surface area contributed by atoms with Crippen molar-refractivity contribution in [2.24, 2.45) is 0 Å². The molecule has 2 atom stereocenters. The van der Waals surface area contributed by atoms with Crippen molar-refractivity contribution in [1.29, 1.82) is 0 Å². The average molecular weight is 882 g/mol. The van der Waals surface area contributed by atoms with Crippen molar-refractivity contribution in [3.63, 3.8) is 0 Å². The molecule has 69 heavy (non-hydrogen) atoms. The van der Waals surface area contributed by atoms with E-state index in [9.17, 15) is 0 Å². The second kappa shape index (κ2) is 13.7. The molecule has 10 aromatic rings. The van der Waals surface area contributed by atoms with Crippen LogP contribution in [0.25, 0.3) is 66.4 Å². The minimum atomic E-state index is -0.510. The molecule has 5 aliphatic rings. The van der Waals surface area contributed by atoms with Gasteiger partial charge in [0.25, 0.3) is 0 Å². The van der Waals surface area contributed by atoms with Crippen molar-refractivity contribution in [3.8, 4) is 55.6 Å². The zero-order chi connectivity index (χ0) is 46.0. The lowest BCUT2D eigenvalue weighted by atomic mass is 9.68. The van der Waals surface area contributed by atoms with E-state index >= 15 is 0 Å². The fraction of sp³-hybridized carbons (Fsp3) is 0.147. The third-order valence-corrected chi connectivity index (χ3v) is 17.6. The maximum absolute atomic E-state index is 2.58. The van der Waals surface area contributed by atoms with Gasteiger partial charge in [0.05, 0.1) is 5.41 Å². The van der Waals surface area contributed by atoms with E-state index in [1.54, 1.807) is 0 Å². The van der Waals surface area contributed by atoms with Gasteiger partial charge in [0.15, 0.2) is 0 Å². The van der Waals surface area contributed by atoms with E-state index in [0.29, 0.717) is 0 Å². The van der Waals surface area contributed by atoms with Crippen LogP contribution < -0.4 is 4.90 Å². The highest BCUT2D eigenvalue weighted by Gasteiger charge is 2.54. The Morgan fingerprint density at radius 1 is 0.406 bits per heavy atom. The highest BCUT2D eigenvalue weighted by molar-refractivity contribution is 6.06. The Labute approximate surface area is 405 Å². The monoisotopic (exact) mass is 881 g/mol. The van der Waals surface area contributed by atoms with Gasteiger partial charge in [0.1, 0.15) is 0 Å². The van der Waals surface area contributed by atoms with E-state index in [-0.39, 0.29) is 10.8 Å². The Hall–Kier alpha value is -7.74. The van der Waals surface area contributed by atoms with Crippen LogP contribution in [0.3, 0.4) is 0 Å². The summed E-state index contributed by atoms with van der Waals surface area (Å²) in [6, 6.07) is 78.2. The number of aryl methyl sites for hydroxylation is 2. The van der Waals surface area contributed by atoms with Crippen LogP contribution >= 0.6 is 0 Å². The summed E-state index contributed by atoms with van der Waals surface area (Å²) in [7, 11) is 0. The largest absolute Gasteiger partial charge is 0.310 e. The fourth-order valence-corrected chi connectivity index (χ4v) is 14.4. The smallest absolute Gasteiger partial charge is 0.0731 e. The zero-order valence-electron chi connectivity index (χ0n) is 39.6. The lowest BCUT2D eigenvalue weighted by Gasteiger charge is -2.34. The standard InChI is InChI=1S/C68H51N/c1-5-41-28-31-52-53-22-15-23-54-56-38-46(37-43-16-6-7-18-47(43)56)69(44-29-32-50-48-19-8-11-24-57(48)66(2,3)61(50)39-44)45-30-33-51-49-20-9-12-25-58(49)67(4,62(51)40-45)35-34-42-17-14-27-60-64(42)55-21-10-13-26-59(55)68(60,65(53)54)63(52)36-41/h6-33,36-40H,5,34-35H2,1-4H3. The Morgan fingerprint density at radius 3 is 1.78 bits per heavy atom. The predicted molar refractivity (Wildman–Crippen MR) is 288 cm³/mol. The van der Waals surface area contributed by atoms with E-state index in [0.717, 1.165) is 24.9 Å². The summed E-state index contributed by atoms with van der Waals surface area (Å²) in [6.07, 6.45) is 2.92. The first-order valence-electron chi connectivity index (χ1n) is 25.1. The van der Waals surface area contributed by atoms with Crippen LogP contribution in [0, 0.1) is 0 Å². The lowest BCUT2D eigenvalue weighted by molar-refractivity contribution is 0.533. The summed E-state index contributed by atoms with van der Waals surface area (Å²) in [5.74, 6) is 0. The van der Waals surface area contributed by atoms with Gasteiger partial charge in [-0.1, -0.05) is 191 Å². The molecule has 1 aliphatic heterocycles. The number of hydrogen-bond donors (Lipinski definition) is 0. The Balaban J connectivity index is 1.09. The Kier molecular flexibility index (Phi) is 7.80. The molecule has 0 saturated heterocycles. The number of nitrogens with zero attached hydrogens (tertiary/aromatic N) is 1. The first kappa shape index (κ1) is 39.3. The third-order valence-electron chi connectivity index (χ3n) is 17.6. The molecule has 1 nitrogen and oxygen atoms in total. The molecule has 15 rings (SSSR count). The molecule has 10 aromatic carbocycles. The quantitative estimate of drug-likeness (QED) is 0.167. The highest BCUT2D eigenvalue weighted by Crippen LogP contribution is 2.66. The minimum Gasteiger partial charge on any atom is -0.310 e. The van der Waals surface area contributed by atoms with Crippen LogP contribution in [0.4, 0.5) is 17.1 Å². The van der Waals surface area contributed by atoms with Crippen LogP contribution in [0.15, 0.2) is 200 Å². The molecule has 0 N–H and O–H groups in total. The molecule has 2 unspecified atom stereocenters. The van der Waals surface area contributed by atoms with E-state index in [4.69, 9.17) is 0 Å². The van der Waals surface area contributed by atoms with Crippen LogP contribution in [0.5, 0.6) is 0 Å². The predicted octanol–water partition coefficient (Wildman–Crippen LogP) is 17.4. The summed E-state index contributed by atoms with van der Waals surface area (Å²) in [5, 5.41) is 2.49. The van der Waals surface area contributed by atoms with Gasteiger partial charge < -0.3 is 4.90 Å². The van der Waals surface area contributed by atoms with Gasteiger partial charge in [-0.2, -0.15) is 0 Å². The van der Waals surface area contributed by atoms with Crippen LogP contribution in [-0.4, -0.2) is 0 Å². The molecule has 4 aliphatic carbocycles. The van der Waals surface area contributed by atoms with Gasteiger partial charge in [0.2, 0.25) is 0 Å². The van der Waals surface area contributed by atoms with Crippen LogP contribution in [0.2, 0.25) is 0 Å². The molecule has 1 heterocycles. The number of rotatable bonds is 2. The summed E-state index contributed by atoms with van der Waals surface area (Å²) in [4.78, 5) is 2.58. The van der Waals surface area contributed by atoms with E-state index < -0.39 is 5.41 Å². The second-order valence-electron chi connectivity index (χ2n) is 21.2. The molecule has 0 radical (unpaired) electrons. The average Bonchev–Trinajstić information content (AvgIpc) is 4.03. The summed E-state index contributed by atoms with van der Waals surface area (Å²) >= 11 is 0. The topological polar surface area (TPSA) is 3.24 Å². The first-order valence-corrected chi connectivity index (χ1v) is 25.1. The van der Waals surface area contributed by atoms with Crippen molar-refractivity contribution in [3.05, 3.63) is 256 Å². The zero-order valence-corrected chi connectivity index (χ0v) is 39.6. The molecule has 0 fully saturated rings. The van der Waals surface area contributed by atoms with Gasteiger partial charge in [-0.25, -0.2) is 0 Å². The molecular weight excluding hydrogens is 831 g/mol. The van der Waals surface area contributed by atoms with Crippen molar-refractivity contribution in [2.45, 2.75) is 63.2 Å². The van der Waals surface area contributed by atoms with E-state index in [1.165, 1.54) is 133 Å². The summed E-state index contributed by atoms with van der Waals surface area (Å²) in [6.45, 7) is 9.63. The summed E-state index contributed by atoms with van der Waals surface area (Å²) in [5.41, 5.74) is 30.1. The van der Waals surface area contributed by atoms with Crippen LogP contribution in [-0.2, 0) is 29.1 Å². The molecule has 8 bridgehead atoms. The first-order chi connectivity index (χ1) is 33.8. The van der Waals surface area contributed by atoms with Crippen LogP contribution in [0.1, 0.15) is 89.8 Å². The molecule has 1 spiro atoms. The van der Waals surface area contributed by atoms with Gasteiger partial charge in [-0.05, 0) is 178 Å².